The Bertz CT molecular complexity index is 1340. The van der Waals surface area contributed by atoms with E-state index < -0.39 is 93.1 Å². The van der Waals surface area contributed by atoms with Gasteiger partial charge in [0.05, 0.1) is 24.1 Å². The number of aryl methyl sites for hydroxylation is 1. The molecule has 0 saturated carbocycles. The lowest BCUT2D eigenvalue weighted by Gasteiger charge is -2.19. The summed E-state index contributed by atoms with van der Waals surface area (Å²) in [6.45, 7) is 0.309. The molecule has 0 spiro atoms. The van der Waals surface area contributed by atoms with Gasteiger partial charge in [0.1, 0.15) is 16.9 Å². The van der Waals surface area contributed by atoms with E-state index in [-0.39, 0.29) is 6.20 Å². The molecule has 0 bridgehead atoms. The minimum atomic E-state index is -5.71. The van der Waals surface area contributed by atoms with Crippen LogP contribution in [-0.2, 0) is 19.4 Å². The average molecular weight is 551 g/mol. The Hall–Kier alpha value is -3.86. The Labute approximate surface area is 198 Å². The highest BCUT2D eigenvalue weighted by Crippen LogP contribution is 2.45. The van der Waals surface area contributed by atoms with Gasteiger partial charge < -0.3 is 10.1 Å². The van der Waals surface area contributed by atoms with Crippen molar-refractivity contribution in [2.45, 2.75) is 25.7 Å². The summed E-state index contributed by atoms with van der Waals surface area (Å²) in [7, 11) is 1.13. The van der Waals surface area contributed by atoms with Crippen LogP contribution in [-0.4, -0.2) is 32.1 Å². The monoisotopic (exact) mass is 551 g/mol. The Balaban J connectivity index is 2.24. The lowest BCUT2D eigenvalue weighted by atomic mass is 10.1. The number of halogens is 11. The zero-order valence-corrected chi connectivity index (χ0v) is 18.2. The zero-order valence-electron chi connectivity index (χ0n) is 18.2. The smallest absolute Gasteiger partial charge is 0.435 e. The number of alkyl halides is 8. The number of benzene rings is 1. The summed E-state index contributed by atoms with van der Waals surface area (Å²) in [5, 5.41) is 7.93. The second-order valence-electron chi connectivity index (χ2n) is 7.10. The summed E-state index contributed by atoms with van der Waals surface area (Å²) >= 11 is 0. The first-order chi connectivity index (χ1) is 17.0. The number of carbonyl (C=O) groups excluding carboxylic acids is 1. The third-order valence-corrected chi connectivity index (χ3v) is 4.63. The van der Waals surface area contributed by atoms with Gasteiger partial charge in [-0.3, -0.25) is 9.48 Å². The lowest BCUT2D eigenvalue weighted by molar-refractivity contribution is -0.143. The molecule has 0 aliphatic rings. The molecule has 0 fully saturated rings. The largest absolute Gasteiger partial charge is 0.490 e. The predicted octanol–water partition coefficient (Wildman–Crippen LogP) is 5.65. The van der Waals surface area contributed by atoms with Gasteiger partial charge in [0, 0.05) is 13.2 Å². The molecule has 2 aromatic heterocycles. The maximum atomic E-state index is 15.0. The quantitative estimate of drug-likeness (QED) is 0.318. The zero-order chi connectivity index (χ0) is 28.0. The number of hydrogen-bond donors (Lipinski definition) is 1. The van der Waals surface area contributed by atoms with E-state index in [2.05, 4.69) is 14.9 Å². The first-order valence-corrected chi connectivity index (χ1v) is 9.69. The molecule has 0 radical (unpaired) electrons. The van der Waals surface area contributed by atoms with Crippen LogP contribution >= 0.6 is 0 Å². The van der Waals surface area contributed by atoms with Crippen molar-refractivity contribution in [3.63, 3.8) is 0 Å². The third-order valence-electron chi connectivity index (χ3n) is 4.63. The fourth-order valence-corrected chi connectivity index (χ4v) is 3.26. The van der Waals surface area contributed by atoms with Crippen molar-refractivity contribution in [2.75, 3.05) is 11.9 Å². The van der Waals surface area contributed by atoms with E-state index in [1.54, 1.807) is 5.32 Å². The molecule has 0 atom stereocenters. The fourth-order valence-electron chi connectivity index (χ4n) is 3.26. The second-order valence-corrected chi connectivity index (χ2v) is 7.10. The van der Waals surface area contributed by atoms with Crippen LogP contribution in [0.1, 0.15) is 40.7 Å². The van der Waals surface area contributed by atoms with E-state index in [1.807, 2.05) is 0 Å². The summed E-state index contributed by atoms with van der Waals surface area (Å²) in [6, 6.07) is 0. The highest BCUT2D eigenvalue weighted by Gasteiger charge is 2.46. The van der Waals surface area contributed by atoms with E-state index in [1.165, 1.54) is 0 Å². The van der Waals surface area contributed by atoms with E-state index in [0.29, 0.717) is 0 Å². The number of anilines is 1. The number of nitrogens with zero attached hydrogens (tertiary/aromatic N) is 4. The van der Waals surface area contributed by atoms with E-state index in [9.17, 15) is 53.1 Å². The van der Waals surface area contributed by atoms with Gasteiger partial charge in [0.25, 0.3) is 12.3 Å². The van der Waals surface area contributed by atoms with Crippen LogP contribution < -0.4 is 10.1 Å². The fraction of sp³-hybridized carbons (Fsp3) is 0.316. The molecule has 0 aliphatic carbocycles. The molecule has 0 unspecified atom stereocenters. The molecule has 7 nitrogen and oxygen atoms in total. The molecule has 3 rings (SSSR count). The van der Waals surface area contributed by atoms with Crippen LogP contribution in [0.15, 0.2) is 12.4 Å². The number of ether oxygens (including phenoxy) is 1. The summed E-state index contributed by atoms with van der Waals surface area (Å²) < 4.78 is 156. The second kappa shape index (κ2) is 9.55. The van der Waals surface area contributed by atoms with Crippen molar-refractivity contribution in [3.8, 4) is 11.4 Å². The minimum absolute atomic E-state index is 0.175. The van der Waals surface area contributed by atoms with Gasteiger partial charge >= 0.3 is 12.4 Å². The molecule has 202 valence electrons. The third kappa shape index (κ3) is 5.04. The molecule has 3 aromatic rings. The molecule has 37 heavy (non-hydrogen) atoms. The van der Waals surface area contributed by atoms with E-state index in [0.717, 1.165) is 24.9 Å². The van der Waals surface area contributed by atoms with Gasteiger partial charge in [-0.1, -0.05) is 0 Å². The minimum Gasteiger partial charge on any atom is -0.490 e. The molecule has 0 aliphatic heterocycles. The summed E-state index contributed by atoms with van der Waals surface area (Å²) in [6.07, 6.45) is -13.7. The van der Waals surface area contributed by atoms with Gasteiger partial charge in [-0.2, -0.15) is 36.5 Å². The van der Waals surface area contributed by atoms with Gasteiger partial charge in [0.2, 0.25) is 0 Å². The van der Waals surface area contributed by atoms with E-state index >= 15 is 0 Å². The molecule has 1 amide bonds. The van der Waals surface area contributed by atoms with Crippen molar-refractivity contribution < 1.29 is 57.8 Å². The van der Waals surface area contributed by atoms with Gasteiger partial charge in [-0.05, 0) is 6.92 Å². The van der Waals surface area contributed by atoms with Crippen molar-refractivity contribution in [1.82, 2.24) is 19.6 Å². The first-order valence-electron chi connectivity index (χ1n) is 9.69. The van der Waals surface area contributed by atoms with E-state index in [4.69, 9.17) is 0 Å². The normalized spacial score (nSPS) is 12.4. The van der Waals surface area contributed by atoms with Crippen LogP contribution in [0, 0.1) is 17.5 Å². The molecule has 1 aromatic carbocycles. The number of nitrogens with one attached hydrogen (secondary N) is 1. The van der Waals surface area contributed by atoms with Crippen molar-refractivity contribution in [3.05, 3.63) is 52.4 Å². The summed E-state index contributed by atoms with van der Waals surface area (Å²) in [4.78, 5) is 12.4. The highest BCUT2D eigenvalue weighted by atomic mass is 19.4. The Morgan fingerprint density at radius 1 is 1.05 bits per heavy atom. The molecule has 2 heterocycles. The van der Waals surface area contributed by atoms with Crippen molar-refractivity contribution >= 4 is 11.6 Å². The molecule has 1 N–H and O–H groups in total. The molecule has 18 heteroatoms. The van der Waals surface area contributed by atoms with Crippen LogP contribution in [0.2, 0.25) is 0 Å². The van der Waals surface area contributed by atoms with Crippen LogP contribution in [0.25, 0.3) is 5.69 Å². The number of aromatic nitrogens is 4. The SMILES string of the molecule is CCOc1c(F)c(-n2ncc(NC(=O)c3cn(C)nc3C(F)F)c2C(F)(F)F)c(F)c(F)c1C(F)(F)F. The maximum Gasteiger partial charge on any atom is 0.435 e. The summed E-state index contributed by atoms with van der Waals surface area (Å²) in [5.41, 5.74) is -10.1. The number of rotatable bonds is 6. The Kier molecular flexibility index (Phi) is 7.15. The Morgan fingerprint density at radius 2 is 1.68 bits per heavy atom. The number of amides is 1. The highest BCUT2D eigenvalue weighted by molar-refractivity contribution is 6.05. The number of hydrogen-bond acceptors (Lipinski definition) is 4. The first kappa shape index (κ1) is 27.7. The molecular weight excluding hydrogens is 539 g/mol. The maximum absolute atomic E-state index is 15.0. The Morgan fingerprint density at radius 3 is 2.19 bits per heavy atom. The topological polar surface area (TPSA) is 74.0 Å². The van der Waals surface area contributed by atoms with Crippen molar-refractivity contribution in [1.29, 1.82) is 0 Å². The molecule has 0 saturated heterocycles. The van der Waals surface area contributed by atoms with Gasteiger partial charge in [-0.25, -0.2) is 26.6 Å². The van der Waals surface area contributed by atoms with Crippen LogP contribution in [0.5, 0.6) is 5.75 Å². The average Bonchev–Trinajstić information content (AvgIpc) is 3.35. The standard InChI is InChI=1S/C19H12F11N5O2/c1-3-37-14-8(18(25,26)27)9(20)10(21)13(11(14)22)35-15(19(28,29)30)7(4-31-35)32-17(36)6-5-34(2)33-12(6)16(23)24/h4-5,16H,3H2,1-2H3,(H,32,36). The van der Waals surface area contributed by atoms with Gasteiger partial charge in [-0.15, -0.1) is 0 Å². The predicted molar refractivity (Wildman–Crippen MR) is 101 cm³/mol. The van der Waals surface area contributed by atoms with Crippen molar-refractivity contribution in [2.24, 2.45) is 7.05 Å². The van der Waals surface area contributed by atoms with Gasteiger partial charge in [0.15, 0.2) is 28.9 Å². The lowest BCUT2D eigenvalue weighted by Crippen LogP contribution is -2.22. The molecular formula is C19H12F11N5O2. The number of carbonyl (C=O) groups is 1. The summed E-state index contributed by atoms with van der Waals surface area (Å²) in [5.74, 6) is -11.4. The van der Waals surface area contributed by atoms with Crippen LogP contribution in [0.4, 0.5) is 54.0 Å². The van der Waals surface area contributed by atoms with Crippen LogP contribution in [0.3, 0.4) is 0 Å².